The summed E-state index contributed by atoms with van der Waals surface area (Å²) in [5.41, 5.74) is -0.0921. The van der Waals surface area contributed by atoms with Crippen LogP contribution in [-0.4, -0.2) is 37.2 Å². The molecule has 0 spiro atoms. The minimum atomic E-state index is -0.503. The number of carbonyl (C=O) groups is 1. The van der Waals surface area contributed by atoms with E-state index in [4.69, 9.17) is 4.74 Å². The lowest BCUT2D eigenvalue weighted by molar-refractivity contribution is -0.385. The second kappa shape index (κ2) is 8.11. The van der Waals surface area contributed by atoms with E-state index in [-0.39, 0.29) is 24.0 Å². The largest absolute Gasteiger partial charge is 0.487 e. The first-order chi connectivity index (χ1) is 9.60. The van der Waals surface area contributed by atoms with Crippen molar-refractivity contribution in [1.82, 2.24) is 5.32 Å². The van der Waals surface area contributed by atoms with Crippen LogP contribution in [0.3, 0.4) is 0 Å². The maximum atomic E-state index is 11.5. The number of rotatable bonds is 8. The Bertz CT molecular complexity index is 464. The molecule has 0 radical (unpaired) electrons. The van der Waals surface area contributed by atoms with Gasteiger partial charge in [-0.3, -0.25) is 14.9 Å². The predicted octanol–water partition coefficient (Wildman–Crippen LogP) is 1.51. The van der Waals surface area contributed by atoms with Gasteiger partial charge < -0.3 is 14.8 Å². The summed E-state index contributed by atoms with van der Waals surface area (Å²) in [6.07, 6.45) is 0.368. The van der Waals surface area contributed by atoms with Gasteiger partial charge in [0.05, 0.1) is 18.6 Å². The lowest BCUT2D eigenvalue weighted by Crippen LogP contribution is -2.38. The number of nitrogens with one attached hydrogen (secondary N) is 1. The molecule has 0 aliphatic carbocycles. The molecule has 1 aromatic rings. The van der Waals surface area contributed by atoms with E-state index in [1.807, 2.05) is 6.92 Å². The van der Waals surface area contributed by atoms with Crippen LogP contribution in [0.2, 0.25) is 0 Å². The van der Waals surface area contributed by atoms with Gasteiger partial charge in [-0.1, -0.05) is 19.1 Å². The molecule has 0 heterocycles. The number of likely N-dealkylation sites (N-methyl/N-ethyl adjacent to an activating group) is 1. The normalized spacial score (nSPS) is 11.7. The van der Waals surface area contributed by atoms with Gasteiger partial charge in [0.25, 0.3) is 0 Å². The van der Waals surface area contributed by atoms with Crippen molar-refractivity contribution < 1.29 is 19.2 Å². The zero-order chi connectivity index (χ0) is 15.0. The van der Waals surface area contributed by atoms with Crippen molar-refractivity contribution in [2.45, 2.75) is 19.4 Å². The van der Waals surface area contributed by atoms with Gasteiger partial charge in [0.15, 0.2) is 5.75 Å². The van der Waals surface area contributed by atoms with Crippen molar-refractivity contribution in [3.8, 4) is 5.75 Å². The lowest BCUT2D eigenvalue weighted by atomic mass is 10.2. The van der Waals surface area contributed by atoms with E-state index in [9.17, 15) is 14.9 Å². The highest BCUT2D eigenvalue weighted by Crippen LogP contribution is 2.25. The van der Waals surface area contributed by atoms with Gasteiger partial charge in [0, 0.05) is 12.5 Å². The Labute approximate surface area is 117 Å². The van der Waals surface area contributed by atoms with Crippen molar-refractivity contribution in [2.24, 2.45) is 0 Å². The molecule has 0 amide bonds. The molecule has 1 rings (SSSR count). The number of para-hydroxylation sites is 2. The molecule has 7 heteroatoms. The van der Waals surface area contributed by atoms with Gasteiger partial charge in [-0.05, 0) is 12.6 Å². The molecule has 0 fully saturated rings. The SMILES string of the molecule is CCNC(CCOc1ccccc1[N+](=O)[O-])C(=O)OC. The fourth-order valence-corrected chi connectivity index (χ4v) is 1.71. The molecule has 1 atom stereocenters. The standard InChI is InChI=1S/C13H18N2O5/c1-3-14-10(13(16)19-2)8-9-20-12-7-5-4-6-11(12)15(17)18/h4-7,10,14H,3,8-9H2,1-2H3. The van der Waals surface area contributed by atoms with E-state index in [0.29, 0.717) is 13.0 Å². The third-order valence-corrected chi connectivity index (χ3v) is 2.66. The molecule has 110 valence electrons. The third kappa shape index (κ3) is 4.51. The summed E-state index contributed by atoms with van der Waals surface area (Å²) in [6, 6.07) is 5.65. The molecule has 1 unspecified atom stereocenters. The van der Waals surface area contributed by atoms with Crippen molar-refractivity contribution in [3.05, 3.63) is 34.4 Å². The molecule has 1 aromatic carbocycles. The monoisotopic (exact) mass is 282 g/mol. The summed E-state index contributed by atoms with van der Waals surface area (Å²) in [5.74, 6) is -0.185. The molecular weight excluding hydrogens is 264 g/mol. The van der Waals surface area contributed by atoms with Crippen molar-refractivity contribution in [2.75, 3.05) is 20.3 Å². The Morgan fingerprint density at radius 2 is 2.15 bits per heavy atom. The number of methoxy groups -OCH3 is 1. The highest BCUT2D eigenvalue weighted by molar-refractivity contribution is 5.75. The fraction of sp³-hybridized carbons (Fsp3) is 0.462. The first-order valence-electron chi connectivity index (χ1n) is 6.27. The van der Waals surface area contributed by atoms with Crippen LogP contribution in [-0.2, 0) is 9.53 Å². The number of hydrogen-bond donors (Lipinski definition) is 1. The molecule has 20 heavy (non-hydrogen) atoms. The number of benzene rings is 1. The van der Waals surface area contributed by atoms with E-state index in [2.05, 4.69) is 10.1 Å². The van der Waals surface area contributed by atoms with Crippen LogP contribution in [0.15, 0.2) is 24.3 Å². The highest BCUT2D eigenvalue weighted by Gasteiger charge is 2.19. The number of nitrogens with zero attached hydrogens (tertiary/aromatic N) is 1. The maximum Gasteiger partial charge on any atom is 0.322 e. The van der Waals surface area contributed by atoms with E-state index >= 15 is 0 Å². The minimum Gasteiger partial charge on any atom is -0.487 e. The highest BCUT2D eigenvalue weighted by atomic mass is 16.6. The summed E-state index contributed by atoms with van der Waals surface area (Å²) in [6.45, 7) is 2.67. The van der Waals surface area contributed by atoms with Gasteiger partial charge in [-0.2, -0.15) is 0 Å². The average Bonchev–Trinajstić information content (AvgIpc) is 2.45. The molecule has 1 N–H and O–H groups in total. The molecule has 0 bridgehead atoms. The van der Waals surface area contributed by atoms with Crippen LogP contribution in [0, 0.1) is 10.1 Å². The molecule has 0 aliphatic heterocycles. The lowest BCUT2D eigenvalue weighted by Gasteiger charge is -2.15. The van der Waals surface area contributed by atoms with E-state index in [0.717, 1.165) is 0 Å². The number of nitro benzene ring substituents is 1. The van der Waals surface area contributed by atoms with Crippen LogP contribution < -0.4 is 10.1 Å². The second-order valence-electron chi connectivity index (χ2n) is 4.00. The van der Waals surface area contributed by atoms with E-state index < -0.39 is 11.0 Å². The smallest absolute Gasteiger partial charge is 0.322 e. The van der Waals surface area contributed by atoms with Crippen LogP contribution in [0.25, 0.3) is 0 Å². The summed E-state index contributed by atoms with van der Waals surface area (Å²) in [7, 11) is 1.32. The molecule has 7 nitrogen and oxygen atoms in total. The first kappa shape index (κ1) is 15.9. The van der Waals surface area contributed by atoms with Gasteiger partial charge in [0.1, 0.15) is 6.04 Å². The second-order valence-corrected chi connectivity index (χ2v) is 4.00. The minimum absolute atomic E-state index is 0.0921. The van der Waals surface area contributed by atoms with Crippen LogP contribution in [0.4, 0.5) is 5.69 Å². The Hall–Kier alpha value is -2.15. The predicted molar refractivity (Wildman–Crippen MR) is 72.7 cm³/mol. The van der Waals surface area contributed by atoms with Crippen molar-refractivity contribution in [3.63, 3.8) is 0 Å². The number of ether oxygens (including phenoxy) is 2. The molecular formula is C13H18N2O5. The summed E-state index contributed by atoms with van der Waals surface area (Å²) in [5, 5.41) is 13.8. The summed E-state index contributed by atoms with van der Waals surface area (Å²) < 4.78 is 10.0. The topological polar surface area (TPSA) is 90.7 Å². The fourth-order valence-electron chi connectivity index (χ4n) is 1.71. The van der Waals surface area contributed by atoms with Crippen molar-refractivity contribution >= 4 is 11.7 Å². The van der Waals surface area contributed by atoms with Gasteiger partial charge in [-0.25, -0.2) is 0 Å². The number of hydrogen-bond acceptors (Lipinski definition) is 6. The quantitative estimate of drug-likeness (QED) is 0.441. The van der Waals surface area contributed by atoms with Crippen LogP contribution in [0.1, 0.15) is 13.3 Å². The first-order valence-corrected chi connectivity index (χ1v) is 6.27. The summed E-state index contributed by atoms with van der Waals surface area (Å²) >= 11 is 0. The third-order valence-electron chi connectivity index (χ3n) is 2.66. The van der Waals surface area contributed by atoms with Crippen molar-refractivity contribution in [1.29, 1.82) is 0 Å². The molecule has 0 aromatic heterocycles. The van der Waals surface area contributed by atoms with Gasteiger partial charge >= 0.3 is 11.7 Å². The van der Waals surface area contributed by atoms with Crippen LogP contribution >= 0.6 is 0 Å². The molecule has 0 saturated heterocycles. The Morgan fingerprint density at radius 1 is 1.45 bits per heavy atom. The summed E-state index contributed by atoms with van der Waals surface area (Å²) in [4.78, 5) is 21.8. The zero-order valence-corrected chi connectivity index (χ0v) is 11.5. The average molecular weight is 282 g/mol. The van der Waals surface area contributed by atoms with E-state index in [1.165, 1.54) is 19.2 Å². The Morgan fingerprint density at radius 3 is 2.75 bits per heavy atom. The number of esters is 1. The Balaban J connectivity index is 2.59. The van der Waals surface area contributed by atoms with Gasteiger partial charge in [-0.15, -0.1) is 0 Å². The zero-order valence-electron chi connectivity index (χ0n) is 11.5. The van der Waals surface area contributed by atoms with E-state index in [1.54, 1.807) is 12.1 Å². The molecule has 0 saturated carbocycles. The molecule has 0 aliphatic rings. The number of carbonyl (C=O) groups excluding carboxylic acids is 1. The van der Waals surface area contributed by atoms with Crippen LogP contribution in [0.5, 0.6) is 5.75 Å². The van der Waals surface area contributed by atoms with Gasteiger partial charge in [0.2, 0.25) is 0 Å². The maximum absolute atomic E-state index is 11.5. The Kier molecular flexibility index (Phi) is 6.45. The number of nitro groups is 1.